The molecule has 2 rings (SSSR count). The Hall–Kier alpha value is -0.160. The molecule has 1 aliphatic heterocycles. The SMILES string of the molecule is CCC(C)C1CCC(CN2CCN(CC(O)C[N+](C)(C)C)CC2)CC1. The van der Waals surface area contributed by atoms with Crippen LogP contribution in [0.3, 0.4) is 0 Å². The van der Waals surface area contributed by atoms with Gasteiger partial charge < -0.3 is 14.5 Å². The molecular weight excluding hydrogens is 310 g/mol. The summed E-state index contributed by atoms with van der Waals surface area (Å²) >= 11 is 0. The minimum atomic E-state index is -0.206. The molecule has 2 fully saturated rings. The average Bonchev–Trinajstić information content (AvgIpc) is 2.55. The van der Waals surface area contributed by atoms with E-state index in [4.69, 9.17) is 0 Å². The van der Waals surface area contributed by atoms with Crippen LogP contribution in [-0.4, -0.2) is 92.4 Å². The minimum absolute atomic E-state index is 0.206. The van der Waals surface area contributed by atoms with Gasteiger partial charge in [0, 0.05) is 39.3 Å². The van der Waals surface area contributed by atoms with Crippen LogP contribution in [0.5, 0.6) is 0 Å². The largest absolute Gasteiger partial charge is 0.386 e. The van der Waals surface area contributed by atoms with Gasteiger partial charge in [0.2, 0.25) is 0 Å². The molecule has 1 aliphatic carbocycles. The van der Waals surface area contributed by atoms with E-state index in [0.717, 1.165) is 48.4 Å². The standard InChI is InChI=1S/C21H44N3O/c1-6-18(2)20-9-7-19(8-10-20)15-22-11-13-23(14-12-22)16-21(25)17-24(3,4)5/h18-21,25H,6-17H2,1-5H3/q+1. The smallest absolute Gasteiger partial charge is 0.115 e. The van der Waals surface area contributed by atoms with Crippen LogP contribution < -0.4 is 0 Å². The summed E-state index contributed by atoms with van der Waals surface area (Å²) < 4.78 is 0.834. The molecule has 2 atom stereocenters. The lowest BCUT2D eigenvalue weighted by Gasteiger charge is -2.39. The van der Waals surface area contributed by atoms with Gasteiger partial charge in [0.1, 0.15) is 12.6 Å². The molecule has 1 saturated heterocycles. The number of likely N-dealkylation sites (N-methyl/N-ethyl adjacent to an activating group) is 1. The number of aliphatic hydroxyl groups is 1. The van der Waals surface area contributed by atoms with Gasteiger partial charge >= 0.3 is 0 Å². The van der Waals surface area contributed by atoms with Crippen molar-refractivity contribution >= 4 is 0 Å². The van der Waals surface area contributed by atoms with Crippen LogP contribution in [0.1, 0.15) is 46.0 Å². The molecule has 1 N–H and O–H groups in total. The first kappa shape index (κ1) is 21.1. The lowest BCUT2D eigenvalue weighted by Crippen LogP contribution is -2.52. The molecule has 0 amide bonds. The third kappa shape index (κ3) is 7.54. The zero-order chi connectivity index (χ0) is 18.4. The van der Waals surface area contributed by atoms with Gasteiger partial charge in [-0.15, -0.1) is 0 Å². The van der Waals surface area contributed by atoms with Gasteiger partial charge in [-0.25, -0.2) is 0 Å². The van der Waals surface area contributed by atoms with E-state index in [1.54, 1.807) is 0 Å². The van der Waals surface area contributed by atoms with E-state index >= 15 is 0 Å². The summed E-state index contributed by atoms with van der Waals surface area (Å²) in [6.45, 7) is 12.4. The van der Waals surface area contributed by atoms with Crippen molar-refractivity contribution in [2.24, 2.45) is 17.8 Å². The summed E-state index contributed by atoms with van der Waals surface area (Å²) in [5.41, 5.74) is 0. The van der Waals surface area contributed by atoms with Crippen LogP contribution in [0.15, 0.2) is 0 Å². The molecule has 1 saturated carbocycles. The summed E-state index contributed by atoms with van der Waals surface area (Å²) in [7, 11) is 6.45. The molecule has 148 valence electrons. The second kappa shape index (κ2) is 9.68. The lowest BCUT2D eigenvalue weighted by atomic mass is 9.75. The van der Waals surface area contributed by atoms with E-state index in [9.17, 15) is 5.11 Å². The number of quaternary nitrogens is 1. The maximum atomic E-state index is 10.3. The van der Waals surface area contributed by atoms with E-state index in [1.165, 1.54) is 51.7 Å². The Morgan fingerprint density at radius 1 is 0.960 bits per heavy atom. The number of hydrogen-bond donors (Lipinski definition) is 1. The van der Waals surface area contributed by atoms with Gasteiger partial charge in [-0.05, 0) is 43.4 Å². The summed E-state index contributed by atoms with van der Waals surface area (Å²) in [6, 6.07) is 0. The number of β-amino-alcohol motifs (C(OH)–C–C–N with tert-alkyl or cyclic N) is 1. The lowest BCUT2D eigenvalue weighted by molar-refractivity contribution is -0.873. The minimum Gasteiger partial charge on any atom is -0.386 e. The van der Waals surface area contributed by atoms with Crippen LogP contribution in [0, 0.1) is 17.8 Å². The quantitative estimate of drug-likeness (QED) is 0.679. The Morgan fingerprint density at radius 2 is 1.52 bits per heavy atom. The highest BCUT2D eigenvalue weighted by atomic mass is 16.3. The van der Waals surface area contributed by atoms with Gasteiger partial charge in [0.15, 0.2) is 0 Å². The zero-order valence-corrected chi connectivity index (χ0v) is 17.6. The van der Waals surface area contributed by atoms with Crippen molar-refractivity contribution in [3.05, 3.63) is 0 Å². The molecule has 0 aromatic carbocycles. The highest BCUT2D eigenvalue weighted by Crippen LogP contribution is 2.35. The normalized spacial score (nSPS) is 29.5. The van der Waals surface area contributed by atoms with E-state index in [0.29, 0.717) is 0 Å². The van der Waals surface area contributed by atoms with Crippen LogP contribution in [0.25, 0.3) is 0 Å². The predicted octanol–water partition coefficient (Wildman–Crippen LogP) is 2.52. The summed E-state index contributed by atoms with van der Waals surface area (Å²) in [6.07, 6.45) is 6.93. The highest BCUT2D eigenvalue weighted by Gasteiger charge is 2.27. The first-order valence-electron chi connectivity index (χ1n) is 10.7. The van der Waals surface area contributed by atoms with Crippen LogP contribution in [0.2, 0.25) is 0 Å². The Labute approximate surface area is 156 Å². The molecule has 4 heteroatoms. The van der Waals surface area contributed by atoms with E-state index in [1.807, 2.05) is 0 Å². The molecule has 2 aliphatic rings. The van der Waals surface area contributed by atoms with Crippen molar-refractivity contribution in [1.29, 1.82) is 0 Å². The van der Waals surface area contributed by atoms with Gasteiger partial charge in [-0.2, -0.15) is 0 Å². The average molecular weight is 355 g/mol. The molecule has 0 spiro atoms. The van der Waals surface area contributed by atoms with Crippen molar-refractivity contribution in [3.63, 3.8) is 0 Å². The fourth-order valence-corrected chi connectivity index (χ4v) is 4.78. The molecule has 25 heavy (non-hydrogen) atoms. The molecule has 2 unspecified atom stereocenters. The van der Waals surface area contributed by atoms with Crippen molar-refractivity contribution in [2.45, 2.75) is 52.1 Å². The second-order valence-electron chi connectivity index (χ2n) is 9.89. The third-order valence-corrected chi connectivity index (χ3v) is 6.55. The van der Waals surface area contributed by atoms with E-state index < -0.39 is 0 Å². The third-order valence-electron chi connectivity index (χ3n) is 6.55. The maximum absolute atomic E-state index is 10.3. The number of rotatable bonds is 8. The Morgan fingerprint density at radius 3 is 2.04 bits per heavy atom. The number of aliphatic hydroxyl groups excluding tert-OH is 1. The van der Waals surface area contributed by atoms with Crippen molar-refractivity contribution in [1.82, 2.24) is 9.80 Å². The van der Waals surface area contributed by atoms with Crippen molar-refractivity contribution in [3.8, 4) is 0 Å². The molecular formula is C21H44N3O+. The summed E-state index contributed by atoms with van der Waals surface area (Å²) in [4.78, 5) is 5.13. The molecule has 0 bridgehead atoms. The van der Waals surface area contributed by atoms with Crippen LogP contribution in [0.4, 0.5) is 0 Å². The molecule has 4 nitrogen and oxygen atoms in total. The first-order chi connectivity index (χ1) is 11.8. The van der Waals surface area contributed by atoms with E-state index in [2.05, 4.69) is 44.8 Å². The first-order valence-corrected chi connectivity index (χ1v) is 10.7. The van der Waals surface area contributed by atoms with E-state index in [-0.39, 0.29) is 6.10 Å². The second-order valence-corrected chi connectivity index (χ2v) is 9.89. The van der Waals surface area contributed by atoms with Crippen LogP contribution in [-0.2, 0) is 0 Å². The number of nitrogens with zero attached hydrogens (tertiary/aromatic N) is 3. The van der Waals surface area contributed by atoms with Gasteiger partial charge in [-0.3, -0.25) is 4.90 Å². The Bertz CT molecular complexity index is 366. The molecule has 1 heterocycles. The fraction of sp³-hybridized carbons (Fsp3) is 1.00. The summed E-state index contributed by atoms with van der Waals surface area (Å²) in [5.74, 6) is 2.83. The van der Waals surface area contributed by atoms with Crippen LogP contribution >= 0.6 is 0 Å². The number of piperazine rings is 1. The van der Waals surface area contributed by atoms with Crippen molar-refractivity contribution in [2.75, 3.05) is 67.0 Å². The maximum Gasteiger partial charge on any atom is 0.115 e. The molecule has 0 aromatic heterocycles. The predicted molar refractivity (Wildman–Crippen MR) is 107 cm³/mol. The summed E-state index contributed by atoms with van der Waals surface area (Å²) in [5, 5.41) is 10.3. The van der Waals surface area contributed by atoms with Crippen molar-refractivity contribution < 1.29 is 9.59 Å². The molecule has 0 radical (unpaired) electrons. The van der Waals surface area contributed by atoms with Gasteiger partial charge in [-0.1, -0.05) is 20.3 Å². The Kier molecular flexibility index (Phi) is 8.19. The monoisotopic (exact) mass is 354 g/mol. The highest BCUT2D eigenvalue weighted by molar-refractivity contribution is 4.80. The molecule has 0 aromatic rings. The fourth-order valence-electron chi connectivity index (χ4n) is 4.78. The number of hydrogen-bond acceptors (Lipinski definition) is 3. The topological polar surface area (TPSA) is 26.7 Å². The van der Waals surface area contributed by atoms with Gasteiger partial charge in [0.25, 0.3) is 0 Å². The van der Waals surface area contributed by atoms with Gasteiger partial charge in [0.05, 0.1) is 21.1 Å². The Balaban J connectivity index is 1.63. The zero-order valence-electron chi connectivity index (χ0n) is 17.6.